The molecule has 1 unspecified atom stereocenters. The highest BCUT2D eigenvalue weighted by Gasteiger charge is 2.30. The Kier molecular flexibility index (Phi) is 4.86. The van der Waals surface area contributed by atoms with Gasteiger partial charge in [-0.05, 0) is 42.0 Å². The molecule has 3 aromatic heterocycles. The van der Waals surface area contributed by atoms with E-state index in [-0.39, 0.29) is 23.3 Å². The first-order chi connectivity index (χ1) is 14.6. The van der Waals surface area contributed by atoms with Crippen molar-refractivity contribution in [1.82, 2.24) is 24.1 Å². The van der Waals surface area contributed by atoms with Gasteiger partial charge in [0.25, 0.3) is 5.56 Å². The number of carbonyl (C=O) groups is 1. The zero-order chi connectivity index (χ0) is 20.8. The molecule has 30 heavy (non-hydrogen) atoms. The van der Waals surface area contributed by atoms with Gasteiger partial charge in [0.05, 0.1) is 22.7 Å². The normalized spacial score (nSPS) is 16.3. The van der Waals surface area contributed by atoms with Gasteiger partial charge in [-0.25, -0.2) is 0 Å². The van der Waals surface area contributed by atoms with E-state index in [1.54, 1.807) is 24.5 Å². The third-order valence-electron chi connectivity index (χ3n) is 5.72. The van der Waals surface area contributed by atoms with Crippen molar-refractivity contribution >= 4 is 45.7 Å². The fraction of sp³-hybridized carbons (Fsp3) is 0.333. The van der Waals surface area contributed by atoms with Crippen LogP contribution in [0.1, 0.15) is 29.8 Å². The molecular formula is C21H21N5O2S2. The third kappa shape index (κ3) is 2.95. The van der Waals surface area contributed by atoms with E-state index in [2.05, 4.69) is 28.6 Å². The Morgan fingerprint density at radius 3 is 2.93 bits per heavy atom. The fourth-order valence-corrected chi connectivity index (χ4v) is 6.00. The molecule has 154 valence electrons. The first-order valence-corrected chi connectivity index (χ1v) is 11.8. The maximum atomic E-state index is 13.1. The molecule has 9 heteroatoms. The molecule has 0 aliphatic carbocycles. The van der Waals surface area contributed by atoms with Gasteiger partial charge in [0.1, 0.15) is 0 Å². The van der Waals surface area contributed by atoms with E-state index in [1.165, 1.54) is 26.8 Å². The van der Waals surface area contributed by atoms with Crippen LogP contribution in [0.25, 0.3) is 16.7 Å². The van der Waals surface area contributed by atoms with Crippen molar-refractivity contribution in [2.75, 3.05) is 12.3 Å². The number of fused-ring (bicyclic) bond motifs is 4. The quantitative estimate of drug-likeness (QED) is 0.457. The highest BCUT2D eigenvalue weighted by atomic mass is 32.2. The summed E-state index contributed by atoms with van der Waals surface area (Å²) in [5, 5.41) is 11.8. The van der Waals surface area contributed by atoms with Crippen LogP contribution in [-0.2, 0) is 18.3 Å². The first-order valence-electron chi connectivity index (χ1n) is 9.91. The van der Waals surface area contributed by atoms with Gasteiger partial charge in [-0.3, -0.25) is 18.6 Å². The summed E-state index contributed by atoms with van der Waals surface area (Å²) < 4.78 is 3.36. The summed E-state index contributed by atoms with van der Waals surface area (Å²) in [6, 6.07) is 9.71. The Morgan fingerprint density at radius 1 is 1.27 bits per heavy atom. The number of amides is 1. The number of aromatic nitrogens is 4. The lowest BCUT2D eigenvalue weighted by atomic mass is 9.98. The smallest absolute Gasteiger partial charge is 0.262 e. The predicted octanol–water partition coefficient (Wildman–Crippen LogP) is 3.27. The lowest BCUT2D eigenvalue weighted by Gasteiger charge is -2.35. The van der Waals surface area contributed by atoms with E-state index in [0.717, 1.165) is 24.9 Å². The Hall–Kier alpha value is -2.65. The molecule has 1 amide bonds. The van der Waals surface area contributed by atoms with E-state index in [4.69, 9.17) is 0 Å². The van der Waals surface area contributed by atoms with E-state index in [1.807, 2.05) is 27.5 Å². The van der Waals surface area contributed by atoms with Gasteiger partial charge in [0.15, 0.2) is 5.16 Å². The van der Waals surface area contributed by atoms with Crippen LogP contribution in [0.15, 0.2) is 45.7 Å². The van der Waals surface area contributed by atoms with Gasteiger partial charge in [-0.15, -0.1) is 21.5 Å². The van der Waals surface area contributed by atoms with E-state index in [9.17, 15) is 9.59 Å². The van der Waals surface area contributed by atoms with Crippen molar-refractivity contribution < 1.29 is 4.79 Å². The molecule has 7 nitrogen and oxygen atoms in total. The minimum absolute atomic E-state index is 0.106. The van der Waals surface area contributed by atoms with Gasteiger partial charge in [-0.1, -0.05) is 30.8 Å². The standard InChI is InChI=1S/C21H21N5O2S2/c1-3-15-13-9-11-29-17(13)8-10-25(15)18(27)12-30-21-23-22-20-24(2)19(28)14-6-4-5-7-16(14)26(20)21/h4-7,9,11,15H,3,8,10,12H2,1-2H3. The summed E-state index contributed by atoms with van der Waals surface area (Å²) in [5.41, 5.74) is 1.94. The number of rotatable bonds is 4. The number of thioether (sulfide) groups is 1. The summed E-state index contributed by atoms with van der Waals surface area (Å²) in [6.07, 6.45) is 1.82. The molecule has 0 spiro atoms. The second-order valence-electron chi connectivity index (χ2n) is 7.35. The van der Waals surface area contributed by atoms with Gasteiger partial charge in [-0.2, -0.15) is 0 Å². The molecule has 0 fully saturated rings. The van der Waals surface area contributed by atoms with Crippen molar-refractivity contribution in [2.45, 2.75) is 31.0 Å². The predicted molar refractivity (Wildman–Crippen MR) is 119 cm³/mol. The molecule has 0 bridgehead atoms. The second kappa shape index (κ2) is 7.55. The highest BCUT2D eigenvalue weighted by Crippen LogP contribution is 2.35. The second-order valence-corrected chi connectivity index (χ2v) is 9.29. The SMILES string of the molecule is CCC1c2ccsc2CCN1C(=O)CSc1nnc2n(C)c(=O)c3ccccc3n12. The Morgan fingerprint density at radius 2 is 2.10 bits per heavy atom. The lowest BCUT2D eigenvalue weighted by Crippen LogP contribution is -2.40. The largest absolute Gasteiger partial charge is 0.335 e. The van der Waals surface area contributed by atoms with Crippen LogP contribution in [0.3, 0.4) is 0 Å². The minimum atomic E-state index is -0.108. The van der Waals surface area contributed by atoms with Gasteiger partial charge >= 0.3 is 0 Å². The first kappa shape index (κ1) is 19.3. The summed E-state index contributed by atoms with van der Waals surface area (Å²) in [5.74, 6) is 0.865. The average Bonchev–Trinajstić information content (AvgIpc) is 3.42. The van der Waals surface area contributed by atoms with E-state index >= 15 is 0 Å². The molecule has 5 rings (SSSR count). The van der Waals surface area contributed by atoms with Gasteiger partial charge in [0.2, 0.25) is 11.7 Å². The molecule has 1 aliphatic rings. The van der Waals surface area contributed by atoms with Crippen LogP contribution in [-0.4, -0.2) is 42.3 Å². The maximum Gasteiger partial charge on any atom is 0.262 e. The highest BCUT2D eigenvalue weighted by molar-refractivity contribution is 7.99. The monoisotopic (exact) mass is 439 g/mol. The van der Waals surface area contributed by atoms with Crippen LogP contribution >= 0.6 is 23.1 Å². The van der Waals surface area contributed by atoms with Gasteiger partial charge < -0.3 is 4.90 Å². The molecule has 4 heterocycles. The Balaban J connectivity index is 1.45. The number of thiophene rings is 1. The molecule has 0 radical (unpaired) electrons. The number of hydrogen-bond acceptors (Lipinski definition) is 6. The maximum absolute atomic E-state index is 13.1. The Labute approximate surface area is 181 Å². The van der Waals surface area contributed by atoms with Crippen LogP contribution in [0.2, 0.25) is 0 Å². The van der Waals surface area contributed by atoms with E-state index in [0.29, 0.717) is 16.3 Å². The topological polar surface area (TPSA) is 72.5 Å². The van der Waals surface area contributed by atoms with Crippen LogP contribution < -0.4 is 5.56 Å². The van der Waals surface area contributed by atoms with Crippen LogP contribution in [0, 0.1) is 0 Å². The molecular weight excluding hydrogens is 418 g/mol. The molecule has 0 N–H and O–H groups in total. The molecule has 1 atom stereocenters. The Bertz CT molecular complexity index is 1320. The fourth-order valence-electron chi connectivity index (χ4n) is 4.25. The van der Waals surface area contributed by atoms with Crippen molar-refractivity contribution in [3.05, 3.63) is 56.5 Å². The molecule has 4 aromatic rings. The number of hydrogen-bond donors (Lipinski definition) is 0. The summed E-state index contributed by atoms with van der Waals surface area (Å²) in [7, 11) is 1.69. The van der Waals surface area contributed by atoms with Crippen molar-refractivity contribution in [3.63, 3.8) is 0 Å². The number of benzene rings is 1. The van der Waals surface area contributed by atoms with Crippen molar-refractivity contribution in [1.29, 1.82) is 0 Å². The molecule has 0 saturated carbocycles. The van der Waals surface area contributed by atoms with Crippen molar-refractivity contribution in [2.24, 2.45) is 7.05 Å². The number of nitrogens with zero attached hydrogens (tertiary/aromatic N) is 5. The molecule has 1 aromatic carbocycles. The van der Waals surface area contributed by atoms with Crippen molar-refractivity contribution in [3.8, 4) is 0 Å². The van der Waals surface area contributed by atoms with Crippen LogP contribution in [0.4, 0.5) is 0 Å². The summed E-state index contributed by atoms with van der Waals surface area (Å²) in [4.78, 5) is 29.1. The average molecular weight is 440 g/mol. The van der Waals surface area contributed by atoms with Crippen LogP contribution in [0.5, 0.6) is 0 Å². The molecule has 0 saturated heterocycles. The van der Waals surface area contributed by atoms with Gasteiger partial charge in [0, 0.05) is 18.5 Å². The third-order valence-corrected chi connectivity index (χ3v) is 7.63. The minimum Gasteiger partial charge on any atom is -0.335 e. The summed E-state index contributed by atoms with van der Waals surface area (Å²) >= 11 is 3.15. The zero-order valence-corrected chi connectivity index (χ0v) is 18.4. The summed E-state index contributed by atoms with van der Waals surface area (Å²) in [6.45, 7) is 2.88. The number of para-hydroxylation sites is 1. The number of aryl methyl sites for hydroxylation is 1. The zero-order valence-electron chi connectivity index (χ0n) is 16.7. The molecule has 1 aliphatic heterocycles. The lowest BCUT2D eigenvalue weighted by molar-refractivity contribution is -0.131. The van der Waals surface area contributed by atoms with E-state index < -0.39 is 0 Å². The number of carbonyl (C=O) groups excluding carboxylic acids is 1.